The van der Waals surface area contributed by atoms with Gasteiger partial charge in [0.2, 0.25) is 0 Å². The maximum atomic E-state index is 9.70. The van der Waals surface area contributed by atoms with Crippen LogP contribution in [0.25, 0.3) is 5.69 Å². The molecule has 2 aromatic rings. The van der Waals surface area contributed by atoms with Crippen LogP contribution in [0.3, 0.4) is 0 Å². The smallest absolute Gasteiger partial charge is 0.194 e. The Morgan fingerprint density at radius 3 is 2.92 bits per heavy atom. The molecule has 1 aliphatic rings. The van der Waals surface area contributed by atoms with E-state index >= 15 is 0 Å². The Balaban J connectivity index is 1.59. The van der Waals surface area contributed by atoms with Crippen LogP contribution in [0.5, 0.6) is 0 Å². The van der Waals surface area contributed by atoms with Gasteiger partial charge < -0.3 is 15.3 Å². The summed E-state index contributed by atoms with van der Waals surface area (Å²) in [5.41, 5.74) is 2.23. The lowest BCUT2D eigenvalue weighted by atomic mass is 10.2. The van der Waals surface area contributed by atoms with E-state index in [0.717, 1.165) is 37.6 Å². The van der Waals surface area contributed by atoms with Crippen molar-refractivity contribution >= 4 is 5.96 Å². The predicted molar refractivity (Wildman–Crippen MR) is 95.4 cm³/mol. The van der Waals surface area contributed by atoms with Crippen molar-refractivity contribution in [3.63, 3.8) is 0 Å². The Kier molecular flexibility index (Phi) is 5.48. The van der Waals surface area contributed by atoms with Crippen LogP contribution in [-0.4, -0.2) is 58.0 Å². The van der Waals surface area contributed by atoms with Crippen LogP contribution < -0.4 is 5.32 Å². The second-order valence-corrected chi connectivity index (χ2v) is 6.00. The zero-order valence-corrected chi connectivity index (χ0v) is 14.1. The maximum absolute atomic E-state index is 9.70. The van der Waals surface area contributed by atoms with Crippen LogP contribution >= 0.6 is 0 Å². The van der Waals surface area contributed by atoms with E-state index in [9.17, 15) is 5.11 Å². The van der Waals surface area contributed by atoms with Gasteiger partial charge in [-0.25, -0.2) is 4.68 Å². The molecule has 0 spiro atoms. The molecule has 1 fully saturated rings. The van der Waals surface area contributed by atoms with E-state index in [1.165, 1.54) is 5.56 Å². The third-order valence-corrected chi connectivity index (χ3v) is 4.12. The molecule has 0 aliphatic carbocycles. The van der Waals surface area contributed by atoms with E-state index in [4.69, 9.17) is 4.99 Å². The number of hydrogen-bond donors (Lipinski definition) is 2. The van der Waals surface area contributed by atoms with Gasteiger partial charge in [-0.3, -0.25) is 4.99 Å². The summed E-state index contributed by atoms with van der Waals surface area (Å²) in [6.07, 6.45) is 5.37. The fraction of sp³-hybridized carbons (Fsp3) is 0.444. The molecule has 0 saturated carbocycles. The molecular weight excluding hydrogens is 302 g/mol. The minimum Gasteiger partial charge on any atom is -0.391 e. The zero-order chi connectivity index (χ0) is 16.8. The van der Waals surface area contributed by atoms with E-state index in [0.29, 0.717) is 13.1 Å². The molecule has 128 valence electrons. The minimum absolute atomic E-state index is 0.238. The number of likely N-dealkylation sites (tertiary alicyclic amines) is 1. The molecule has 1 atom stereocenters. The molecule has 0 bridgehead atoms. The molecule has 6 nitrogen and oxygen atoms in total. The molecule has 0 radical (unpaired) electrons. The molecule has 2 heterocycles. The van der Waals surface area contributed by atoms with Crippen molar-refractivity contribution in [1.82, 2.24) is 20.0 Å². The van der Waals surface area contributed by atoms with Crippen molar-refractivity contribution in [1.29, 1.82) is 0 Å². The van der Waals surface area contributed by atoms with E-state index in [2.05, 4.69) is 28.4 Å². The molecule has 1 saturated heterocycles. The van der Waals surface area contributed by atoms with Crippen molar-refractivity contribution in [2.24, 2.45) is 4.99 Å². The van der Waals surface area contributed by atoms with Crippen LogP contribution in [0.4, 0.5) is 0 Å². The number of guanidine groups is 1. The second-order valence-electron chi connectivity index (χ2n) is 6.00. The van der Waals surface area contributed by atoms with E-state index in [1.54, 1.807) is 0 Å². The number of nitrogens with one attached hydrogen (secondary N) is 1. The average molecular weight is 327 g/mol. The van der Waals surface area contributed by atoms with E-state index < -0.39 is 0 Å². The lowest BCUT2D eigenvalue weighted by Crippen LogP contribution is -2.40. The summed E-state index contributed by atoms with van der Waals surface area (Å²) in [7, 11) is 0. The molecule has 2 N–H and O–H groups in total. The molecule has 0 amide bonds. The fourth-order valence-corrected chi connectivity index (χ4v) is 2.86. The molecule has 24 heavy (non-hydrogen) atoms. The van der Waals surface area contributed by atoms with Crippen molar-refractivity contribution in [2.75, 3.05) is 26.2 Å². The van der Waals surface area contributed by atoms with Gasteiger partial charge in [0, 0.05) is 32.4 Å². The lowest BCUT2D eigenvalue weighted by Gasteiger charge is -2.20. The zero-order valence-electron chi connectivity index (χ0n) is 14.1. The van der Waals surface area contributed by atoms with Gasteiger partial charge in [0.05, 0.1) is 18.0 Å². The number of benzene rings is 1. The standard InChI is InChI=1S/C18H25N5O/c1-2-19-18(22-11-9-17(24)14-22)20-10-8-15-12-21-23(13-15)16-6-4-3-5-7-16/h3-7,12-13,17,24H,2,8-11,14H2,1H3,(H,19,20)/t17-/m1/s1. The van der Waals surface area contributed by atoms with E-state index in [-0.39, 0.29) is 6.10 Å². The Morgan fingerprint density at radius 1 is 1.38 bits per heavy atom. The summed E-state index contributed by atoms with van der Waals surface area (Å²) in [6, 6.07) is 10.1. The first-order valence-corrected chi connectivity index (χ1v) is 8.56. The van der Waals surface area contributed by atoms with Crippen LogP contribution in [0.15, 0.2) is 47.7 Å². The minimum atomic E-state index is -0.238. The molecule has 1 aromatic heterocycles. The first kappa shape index (κ1) is 16.5. The SMILES string of the molecule is CCNC(=NCCc1cnn(-c2ccccc2)c1)N1CC[C@@H](O)C1. The van der Waals surface area contributed by atoms with Crippen LogP contribution in [0.1, 0.15) is 18.9 Å². The van der Waals surface area contributed by atoms with Crippen molar-refractivity contribution < 1.29 is 5.11 Å². The first-order chi connectivity index (χ1) is 11.8. The van der Waals surface area contributed by atoms with Gasteiger partial charge in [-0.2, -0.15) is 5.10 Å². The number of hydrogen-bond acceptors (Lipinski definition) is 3. The summed E-state index contributed by atoms with van der Waals surface area (Å²) in [5, 5.41) is 17.4. The highest BCUT2D eigenvalue weighted by Gasteiger charge is 2.22. The number of aromatic nitrogens is 2. The molecule has 1 aromatic carbocycles. The average Bonchev–Trinajstić information content (AvgIpc) is 3.24. The highest BCUT2D eigenvalue weighted by molar-refractivity contribution is 5.80. The second kappa shape index (κ2) is 7.97. The van der Waals surface area contributed by atoms with E-state index in [1.807, 2.05) is 41.2 Å². The van der Waals surface area contributed by atoms with Crippen LogP contribution in [-0.2, 0) is 6.42 Å². The molecular formula is C18H25N5O. The summed E-state index contributed by atoms with van der Waals surface area (Å²) < 4.78 is 1.89. The van der Waals surface area contributed by atoms with Crippen LogP contribution in [0.2, 0.25) is 0 Å². The van der Waals surface area contributed by atoms with Gasteiger partial charge in [0.1, 0.15) is 0 Å². The number of β-amino-alcohol motifs (C(OH)–C–C–N with tert-alkyl or cyclic N) is 1. The third kappa shape index (κ3) is 4.14. The van der Waals surface area contributed by atoms with Gasteiger partial charge in [0.15, 0.2) is 5.96 Å². The monoisotopic (exact) mass is 327 g/mol. The Hall–Kier alpha value is -2.34. The van der Waals surface area contributed by atoms with Gasteiger partial charge in [0.25, 0.3) is 0 Å². The summed E-state index contributed by atoms with van der Waals surface area (Å²) in [4.78, 5) is 6.82. The highest BCUT2D eigenvalue weighted by Crippen LogP contribution is 2.10. The summed E-state index contributed by atoms with van der Waals surface area (Å²) in [6.45, 7) is 5.12. The third-order valence-electron chi connectivity index (χ3n) is 4.12. The molecule has 0 unspecified atom stereocenters. The summed E-state index contributed by atoms with van der Waals surface area (Å²) in [5.74, 6) is 0.893. The van der Waals surface area contributed by atoms with Crippen molar-refractivity contribution in [2.45, 2.75) is 25.9 Å². The van der Waals surface area contributed by atoms with Gasteiger partial charge >= 0.3 is 0 Å². The fourth-order valence-electron chi connectivity index (χ4n) is 2.86. The van der Waals surface area contributed by atoms with Crippen molar-refractivity contribution in [3.8, 4) is 5.69 Å². The normalized spacial score (nSPS) is 18.2. The van der Waals surface area contributed by atoms with Gasteiger partial charge in [-0.15, -0.1) is 0 Å². The maximum Gasteiger partial charge on any atom is 0.194 e. The lowest BCUT2D eigenvalue weighted by molar-refractivity contribution is 0.188. The quantitative estimate of drug-likeness (QED) is 0.644. The predicted octanol–water partition coefficient (Wildman–Crippen LogP) is 1.45. The van der Waals surface area contributed by atoms with Gasteiger partial charge in [-0.1, -0.05) is 18.2 Å². The number of rotatable bonds is 5. The molecule has 1 aliphatic heterocycles. The number of aliphatic hydroxyl groups excluding tert-OH is 1. The number of nitrogens with zero attached hydrogens (tertiary/aromatic N) is 4. The Labute approximate surface area is 142 Å². The first-order valence-electron chi connectivity index (χ1n) is 8.56. The topological polar surface area (TPSA) is 65.7 Å². The Morgan fingerprint density at radius 2 is 2.21 bits per heavy atom. The number of aliphatic hydroxyl groups is 1. The number of para-hydroxylation sites is 1. The Bertz CT molecular complexity index is 667. The molecule has 3 rings (SSSR count). The van der Waals surface area contributed by atoms with Crippen LogP contribution in [0, 0.1) is 0 Å². The molecule has 6 heteroatoms. The largest absolute Gasteiger partial charge is 0.391 e. The van der Waals surface area contributed by atoms with Crippen molar-refractivity contribution in [3.05, 3.63) is 48.3 Å². The van der Waals surface area contributed by atoms with Gasteiger partial charge in [-0.05, 0) is 37.5 Å². The number of aliphatic imine (C=N–C) groups is 1. The highest BCUT2D eigenvalue weighted by atomic mass is 16.3. The summed E-state index contributed by atoms with van der Waals surface area (Å²) >= 11 is 0.